The molecule has 1 aromatic rings. The molecule has 20 heavy (non-hydrogen) atoms. The average Bonchev–Trinajstić information content (AvgIpc) is 2.37. The molecule has 3 N–H and O–H groups in total. The molecule has 2 rings (SSSR count). The van der Waals surface area contributed by atoms with Gasteiger partial charge in [0, 0.05) is 31.8 Å². The van der Waals surface area contributed by atoms with E-state index in [-0.39, 0.29) is 17.9 Å². The van der Waals surface area contributed by atoms with Crippen LogP contribution in [0.3, 0.4) is 0 Å². The standard InChI is InChI=1S/C13H20N4O3/c1-9-6-16(7-10(2)20-9)8-11-5-12(17(18)19)3-4-13(11)15-14/h3-5,9-10,15H,6-8,14H2,1-2H3. The Morgan fingerprint density at radius 2 is 2.10 bits per heavy atom. The Morgan fingerprint density at radius 1 is 1.45 bits per heavy atom. The first-order chi connectivity index (χ1) is 9.49. The zero-order chi connectivity index (χ0) is 14.7. The van der Waals surface area contributed by atoms with Gasteiger partial charge in [-0.05, 0) is 25.5 Å². The molecule has 1 aliphatic heterocycles. The highest BCUT2D eigenvalue weighted by molar-refractivity contribution is 5.55. The summed E-state index contributed by atoms with van der Waals surface area (Å²) in [5.41, 5.74) is 4.20. The first-order valence-electron chi connectivity index (χ1n) is 6.61. The SMILES string of the molecule is CC1CN(Cc2cc([N+](=O)[O-])ccc2NN)CC(C)O1. The molecule has 0 saturated carbocycles. The molecule has 2 atom stereocenters. The summed E-state index contributed by atoms with van der Waals surface area (Å²) in [6.45, 7) is 6.27. The number of morpholine rings is 1. The van der Waals surface area contributed by atoms with Crippen LogP contribution in [0, 0.1) is 10.1 Å². The van der Waals surface area contributed by atoms with Gasteiger partial charge in [-0.3, -0.25) is 20.9 Å². The minimum absolute atomic E-state index is 0.0772. The van der Waals surface area contributed by atoms with E-state index >= 15 is 0 Å². The molecule has 0 amide bonds. The molecule has 0 aliphatic carbocycles. The number of hydrogen-bond acceptors (Lipinski definition) is 6. The Morgan fingerprint density at radius 3 is 2.65 bits per heavy atom. The van der Waals surface area contributed by atoms with Gasteiger partial charge in [-0.2, -0.15) is 0 Å². The lowest BCUT2D eigenvalue weighted by Gasteiger charge is -2.35. The van der Waals surface area contributed by atoms with Crippen LogP contribution in [0.4, 0.5) is 11.4 Å². The van der Waals surface area contributed by atoms with Gasteiger partial charge in [-0.1, -0.05) is 0 Å². The van der Waals surface area contributed by atoms with E-state index in [0.717, 1.165) is 18.7 Å². The van der Waals surface area contributed by atoms with Crippen molar-refractivity contribution >= 4 is 11.4 Å². The second kappa shape index (κ2) is 6.17. The van der Waals surface area contributed by atoms with Crippen LogP contribution in [0.1, 0.15) is 19.4 Å². The summed E-state index contributed by atoms with van der Waals surface area (Å²) in [4.78, 5) is 12.7. The number of nitrogens with zero attached hydrogens (tertiary/aromatic N) is 2. The highest BCUT2D eigenvalue weighted by Crippen LogP contribution is 2.24. The van der Waals surface area contributed by atoms with Crippen molar-refractivity contribution < 1.29 is 9.66 Å². The number of nitro groups is 1. The number of nitrogens with two attached hydrogens (primary N) is 1. The Bertz CT molecular complexity index is 485. The summed E-state index contributed by atoms with van der Waals surface area (Å²) in [6.07, 6.45) is 0.318. The van der Waals surface area contributed by atoms with Gasteiger partial charge >= 0.3 is 0 Å². The minimum Gasteiger partial charge on any atom is -0.373 e. The lowest BCUT2D eigenvalue weighted by atomic mass is 10.1. The van der Waals surface area contributed by atoms with E-state index in [1.54, 1.807) is 12.1 Å². The lowest BCUT2D eigenvalue weighted by Crippen LogP contribution is -2.44. The van der Waals surface area contributed by atoms with Gasteiger partial charge in [0.05, 0.1) is 22.8 Å². The molecule has 0 spiro atoms. The Labute approximate surface area is 117 Å². The van der Waals surface area contributed by atoms with Crippen molar-refractivity contribution in [3.05, 3.63) is 33.9 Å². The van der Waals surface area contributed by atoms with Crippen molar-refractivity contribution in [1.82, 2.24) is 4.90 Å². The van der Waals surface area contributed by atoms with E-state index in [1.165, 1.54) is 6.07 Å². The Kier molecular flexibility index (Phi) is 4.53. The number of non-ortho nitro benzene ring substituents is 1. The number of hydrazine groups is 1. The molecule has 0 radical (unpaired) electrons. The van der Waals surface area contributed by atoms with E-state index in [1.807, 2.05) is 13.8 Å². The summed E-state index contributed by atoms with van der Waals surface area (Å²) < 4.78 is 5.68. The van der Waals surface area contributed by atoms with Gasteiger partial charge in [-0.15, -0.1) is 0 Å². The largest absolute Gasteiger partial charge is 0.373 e. The van der Waals surface area contributed by atoms with Crippen LogP contribution in [0.15, 0.2) is 18.2 Å². The maximum atomic E-state index is 10.9. The van der Waals surface area contributed by atoms with Gasteiger partial charge in [0.15, 0.2) is 0 Å². The first kappa shape index (κ1) is 14.7. The number of nitrogens with one attached hydrogen (secondary N) is 1. The second-order valence-electron chi connectivity index (χ2n) is 5.19. The highest BCUT2D eigenvalue weighted by Gasteiger charge is 2.23. The van der Waals surface area contributed by atoms with E-state index in [2.05, 4.69) is 10.3 Å². The molecular formula is C13H20N4O3. The van der Waals surface area contributed by atoms with E-state index in [9.17, 15) is 10.1 Å². The number of nitro benzene ring substituents is 1. The molecule has 1 saturated heterocycles. The molecule has 1 aromatic carbocycles. The van der Waals surface area contributed by atoms with Gasteiger partial charge < -0.3 is 10.2 Å². The third-order valence-corrected chi connectivity index (χ3v) is 3.34. The molecule has 0 aromatic heterocycles. The molecule has 1 fully saturated rings. The number of ether oxygens (including phenoxy) is 1. The predicted octanol–water partition coefficient (Wildman–Crippen LogP) is 1.49. The number of anilines is 1. The number of hydrogen-bond donors (Lipinski definition) is 2. The monoisotopic (exact) mass is 280 g/mol. The molecule has 2 unspecified atom stereocenters. The van der Waals surface area contributed by atoms with Crippen LogP contribution in [0.25, 0.3) is 0 Å². The second-order valence-corrected chi connectivity index (χ2v) is 5.19. The van der Waals surface area contributed by atoms with Crippen LogP contribution in [-0.4, -0.2) is 35.1 Å². The van der Waals surface area contributed by atoms with Crippen molar-refractivity contribution in [1.29, 1.82) is 0 Å². The van der Waals surface area contributed by atoms with Crippen molar-refractivity contribution in [2.75, 3.05) is 18.5 Å². The molecule has 0 bridgehead atoms. The number of rotatable bonds is 4. The molecule has 1 aliphatic rings. The fourth-order valence-electron chi connectivity index (χ4n) is 2.62. The van der Waals surface area contributed by atoms with Crippen molar-refractivity contribution in [2.45, 2.75) is 32.6 Å². The van der Waals surface area contributed by atoms with Crippen molar-refractivity contribution in [2.24, 2.45) is 5.84 Å². The fourth-order valence-corrected chi connectivity index (χ4v) is 2.62. The maximum absolute atomic E-state index is 10.9. The molecule has 110 valence electrons. The summed E-state index contributed by atoms with van der Waals surface area (Å²) in [7, 11) is 0. The summed E-state index contributed by atoms with van der Waals surface area (Å²) >= 11 is 0. The molecular weight excluding hydrogens is 260 g/mol. The molecule has 7 nitrogen and oxygen atoms in total. The third-order valence-electron chi connectivity index (χ3n) is 3.34. The quantitative estimate of drug-likeness (QED) is 0.493. The smallest absolute Gasteiger partial charge is 0.269 e. The topological polar surface area (TPSA) is 93.7 Å². The van der Waals surface area contributed by atoms with Gasteiger partial charge in [0.25, 0.3) is 5.69 Å². The van der Waals surface area contributed by atoms with Crippen LogP contribution in [-0.2, 0) is 11.3 Å². The zero-order valence-corrected chi connectivity index (χ0v) is 11.7. The zero-order valence-electron chi connectivity index (χ0n) is 11.7. The normalized spacial score (nSPS) is 23.6. The van der Waals surface area contributed by atoms with Crippen LogP contribution >= 0.6 is 0 Å². The average molecular weight is 280 g/mol. The predicted molar refractivity (Wildman–Crippen MR) is 76.2 cm³/mol. The third kappa shape index (κ3) is 3.44. The van der Waals surface area contributed by atoms with E-state index < -0.39 is 4.92 Å². The fraction of sp³-hybridized carbons (Fsp3) is 0.538. The number of benzene rings is 1. The maximum Gasteiger partial charge on any atom is 0.269 e. The van der Waals surface area contributed by atoms with Gasteiger partial charge in [0.2, 0.25) is 0 Å². The van der Waals surface area contributed by atoms with Crippen LogP contribution in [0.2, 0.25) is 0 Å². The Hall–Kier alpha value is -1.70. The van der Waals surface area contributed by atoms with Crippen LogP contribution < -0.4 is 11.3 Å². The lowest BCUT2D eigenvalue weighted by molar-refractivity contribution is -0.384. The minimum atomic E-state index is -0.394. The van der Waals surface area contributed by atoms with E-state index in [0.29, 0.717) is 12.2 Å². The summed E-state index contributed by atoms with van der Waals surface area (Å²) in [5.74, 6) is 5.47. The van der Waals surface area contributed by atoms with Crippen molar-refractivity contribution in [3.8, 4) is 0 Å². The highest BCUT2D eigenvalue weighted by atomic mass is 16.6. The first-order valence-corrected chi connectivity index (χ1v) is 6.61. The number of nitrogen functional groups attached to an aromatic ring is 1. The van der Waals surface area contributed by atoms with Gasteiger partial charge in [-0.25, -0.2) is 0 Å². The summed E-state index contributed by atoms with van der Waals surface area (Å²) in [6, 6.07) is 4.66. The van der Waals surface area contributed by atoms with Crippen molar-refractivity contribution in [3.63, 3.8) is 0 Å². The van der Waals surface area contributed by atoms with E-state index in [4.69, 9.17) is 10.6 Å². The Balaban J connectivity index is 2.18. The summed E-state index contributed by atoms with van der Waals surface area (Å²) in [5, 5.41) is 10.9. The van der Waals surface area contributed by atoms with Gasteiger partial charge in [0.1, 0.15) is 0 Å². The van der Waals surface area contributed by atoms with Crippen LogP contribution in [0.5, 0.6) is 0 Å². The molecule has 7 heteroatoms. The molecule has 1 heterocycles.